The minimum atomic E-state index is -0.812. The van der Waals surface area contributed by atoms with Gasteiger partial charge in [0.15, 0.2) is 0 Å². The predicted octanol–water partition coefficient (Wildman–Crippen LogP) is 3.52. The van der Waals surface area contributed by atoms with Gasteiger partial charge in [-0.2, -0.15) is 0 Å². The fourth-order valence-electron chi connectivity index (χ4n) is 4.05. The smallest absolute Gasteiger partial charge is 0.293 e. The van der Waals surface area contributed by atoms with Gasteiger partial charge in [-0.05, 0) is 61.8 Å². The van der Waals surface area contributed by atoms with Crippen LogP contribution in [0.15, 0.2) is 47.4 Å². The van der Waals surface area contributed by atoms with Gasteiger partial charge < -0.3 is 9.80 Å². The maximum absolute atomic E-state index is 14.0. The van der Waals surface area contributed by atoms with Gasteiger partial charge in [0.05, 0.1) is 11.4 Å². The molecule has 2 aliphatic heterocycles. The van der Waals surface area contributed by atoms with Crippen molar-refractivity contribution in [3.05, 3.63) is 75.7 Å². The molecule has 2 aliphatic rings. The van der Waals surface area contributed by atoms with Gasteiger partial charge in [0.1, 0.15) is 11.6 Å². The van der Waals surface area contributed by atoms with Crippen LogP contribution in [0.1, 0.15) is 21.5 Å². The molecule has 4 rings (SSSR count). The summed E-state index contributed by atoms with van der Waals surface area (Å²) in [5.74, 6) is -2.28. The van der Waals surface area contributed by atoms with Gasteiger partial charge in [-0.3, -0.25) is 24.2 Å². The Balaban J connectivity index is 1.37. The van der Waals surface area contributed by atoms with E-state index in [2.05, 4.69) is 9.80 Å². The lowest BCUT2D eigenvalue weighted by Gasteiger charge is -2.35. The molecule has 2 heterocycles. The summed E-state index contributed by atoms with van der Waals surface area (Å²) in [4.78, 5) is 45.3. The second-order valence-electron chi connectivity index (χ2n) is 9.03. The molecule has 0 saturated carbocycles. The molecule has 2 aromatic carbocycles. The van der Waals surface area contributed by atoms with Gasteiger partial charge in [-0.15, -0.1) is 0 Å². The van der Waals surface area contributed by atoms with E-state index in [0.29, 0.717) is 24.2 Å². The summed E-state index contributed by atoms with van der Waals surface area (Å²) in [6, 6.07) is 10.2. The summed E-state index contributed by atoms with van der Waals surface area (Å²) in [6.45, 7) is 4.50. The van der Waals surface area contributed by atoms with Crippen LogP contribution < -0.4 is 0 Å². The minimum absolute atomic E-state index is 0.0407. The highest BCUT2D eigenvalue weighted by atomic mass is 32.2. The topological polar surface area (TPSA) is 64.2 Å². The molecule has 0 aromatic heterocycles. The van der Waals surface area contributed by atoms with Crippen LogP contribution in [0.5, 0.6) is 0 Å². The van der Waals surface area contributed by atoms with Crippen molar-refractivity contribution in [1.82, 2.24) is 19.6 Å². The average Bonchev–Trinajstić information content (AvgIpc) is 3.12. The van der Waals surface area contributed by atoms with Gasteiger partial charge in [-0.25, -0.2) is 8.78 Å². The van der Waals surface area contributed by atoms with E-state index in [0.717, 1.165) is 55.0 Å². The number of nitrogens with zero attached hydrogens (tertiary/aromatic N) is 4. The normalized spacial score (nSPS) is 18.1. The van der Waals surface area contributed by atoms with Crippen molar-refractivity contribution >= 4 is 34.9 Å². The quantitative estimate of drug-likeness (QED) is 0.527. The van der Waals surface area contributed by atoms with E-state index in [-0.39, 0.29) is 16.4 Å². The summed E-state index contributed by atoms with van der Waals surface area (Å²) in [5, 5.41) is -0.592. The Bertz CT molecular complexity index is 1160. The molecule has 0 radical (unpaired) electrons. The Labute approximate surface area is 213 Å². The summed E-state index contributed by atoms with van der Waals surface area (Å²) in [7, 11) is 4.09. The van der Waals surface area contributed by atoms with E-state index in [1.807, 2.05) is 19.0 Å². The number of hydrogen-bond acceptors (Lipinski definition) is 6. The van der Waals surface area contributed by atoms with Crippen LogP contribution in [-0.2, 0) is 11.3 Å². The van der Waals surface area contributed by atoms with Crippen molar-refractivity contribution in [2.45, 2.75) is 6.54 Å². The maximum atomic E-state index is 14.0. The predicted molar refractivity (Wildman–Crippen MR) is 135 cm³/mol. The number of likely N-dealkylation sites (N-methyl/N-ethyl adjacent to an activating group) is 1. The van der Waals surface area contributed by atoms with Crippen LogP contribution in [0.2, 0.25) is 0 Å². The first-order valence-electron chi connectivity index (χ1n) is 11.7. The number of amides is 3. The van der Waals surface area contributed by atoms with E-state index >= 15 is 0 Å². The molecule has 2 saturated heterocycles. The third-order valence-corrected chi connectivity index (χ3v) is 7.14. The number of rotatable bonds is 7. The minimum Gasteiger partial charge on any atom is -0.336 e. The van der Waals surface area contributed by atoms with Crippen molar-refractivity contribution in [2.75, 3.05) is 53.4 Å². The molecule has 10 heteroatoms. The number of thioether (sulfide) groups is 1. The first-order chi connectivity index (χ1) is 17.2. The second kappa shape index (κ2) is 11.3. The number of carbonyl (C=O) groups excluding carboxylic acids is 3. The largest absolute Gasteiger partial charge is 0.336 e. The van der Waals surface area contributed by atoms with Crippen molar-refractivity contribution in [3.8, 4) is 0 Å². The Kier molecular flexibility index (Phi) is 8.17. The number of hydrogen-bond donors (Lipinski definition) is 0. The highest BCUT2D eigenvalue weighted by Gasteiger charge is 2.36. The zero-order valence-corrected chi connectivity index (χ0v) is 21.1. The van der Waals surface area contributed by atoms with Gasteiger partial charge >= 0.3 is 0 Å². The highest BCUT2D eigenvalue weighted by molar-refractivity contribution is 8.18. The van der Waals surface area contributed by atoms with Crippen LogP contribution in [0.4, 0.5) is 13.6 Å². The molecule has 0 unspecified atom stereocenters. The van der Waals surface area contributed by atoms with Crippen LogP contribution in [0, 0.1) is 11.6 Å². The summed E-state index contributed by atoms with van der Waals surface area (Å²) in [5.41, 5.74) is 0.863. The molecule has 7 nitrogen and oxygen atoms in total. The first kappa shape index (κ1) is 26.0. The Hall–Kier alpha value is -3.08. The van der Waals surface area contributed by atoms with E-state index < -0.39 is 29.3 Å². The number of piperazine rings is 1. The molecule has 36 heavy (non-hydrogen) atoms. The van der Waals surface area contributed by atoms with Crippen molar-refractivity contribution in [2.24, 2.45) is 0 Å². The molecule has 0 atom stereocenters. The van der Waals surface area contributed by atoms with Gasteiger partial charge in [0.2, 0.25) is 0 Å². The SMILES string of the molecule is CN(C)CCN1CCN(C(=O)c2ccc(/C=C3\SC(=O)N(Cc4c(F)cccc4F)C3=O)cc2)CC1. The zero-order chi connectivity index (χ0) is 25.8. The van der Waals surface area contributed by atoms with Gasteiger partial charge in [0, 0.05) is 50.4 Å². The lowest BCUT2D eigenvalue weighted by Crippen LogP contribution is -2.49. The average molecular weight is 515 g/mol. The number of benzene rings is 2. The van der Waals surface area contributed by atoms with Crippen molar-refractivity contribution in [3.63, 3.8) is 0 Å². The molecule has 0 aliphatic carbocycles. The fraction of sp³-hybridized carbons (Fsp3) is 0.346. The number of halogens is 2. The lowest BCUT2D eigenvalue weighted by molar-refractivity contribution is -0.123. The maximum Gasteiger partial charge on any atom is 0.293 e. The van der Waals surface area contributed by atoms with Crippen molar-refractivity contribution < 1.29 is 23.2 Å². The summed E-state index contributed by atoms with van der Waals surface area (Å²) >= 11 is 0.717. The highest BCUT2D eigenvalue weighted by Crippen LogP contribution is 2.34. The van der Waals surface area contributed by atoms with Crippen LogP contribution >= 0.6 is 11.8 Å². The van der Waals surface area contributed by atoms with Crippen LogP contribution in [-0.4, -0.2) is 90.0 Å². The van der Waals surface area contributed by atoms with Crippen molar-refractivity contribution in [1.29, 1.82) is 0 Å². The second-order valence-corrected chi connectivity index (χ2v) is 10.0. The molecular formula is C26H28F2N4O3S. The standard InChI is InChI=1S/C26H28F2N4O3S/c1-29(2)10-11-30-12-14-31(15-13-30)24(33)19-8-6-18(7-9-19)16-23-25(34)32(26(35)36-23)17-20-21(27)4-3-5-22(20)28/h3-9,16H,10-15,17H2,1-2H3/b23-16-. The fourth-order valence-corrected chi connectivity index (χ4v) is 4.89. The molecule has 0 spiro atoms. The van der Waals surface area contributed by atoms with Gasteiger partial charge in [-0.1, -0.05) is 18.2 Å². The molecule has 2 aromatic rings. The summed E-state index contributed by atoms with van der Waals surface area (Å²) in [6.07, 6.45) is 1.54. The third kappa shape index (κ3) is 6.00. The molecule has 3 amide bonds. The van der Waals surface area contributed by atoms with E-state index in [1.54, 1.807) is 30.3 Å². The van der Waals surface area contributed by atoms with E-state index in [9.17, 15) is 23.2 Å². The van der Waals surface area contributed by atoms with E-state index in [4.69, 9.17) is 0 Å². The van der Waals surface area contributed by atoms with Gasteiger partial charge in [0.25, 0.3) is 17.1 Å². The molecule has 0 N–H and O–H groups in total. The van der Waals surface area contributed by atoms with Crippen LogP contribution in [0.3, 0.4) is 0 Å². The zero-order valence-electron chi connectivity index (χ0n) is 20.2. The Morgan fingerprint density at radius 2 is 1.64 bits per heavy atom. The number of carbonyl (C=O) groups is 3. The Morgan fingerprint density at radius 1 is 1.00 bits per heavy atom. The molecule has 190 valence electrons. The number of imide groups is 1. The van der Waals surface area contributed by atoms with Crippen LogP contribution in [0.25, 0.3) is 6.08 Å². The molecule has 0 bridgehead atoms. The molecular weight excluding hydrogens is 486 g/mol. The van der Waals surface area contributed by atoms with E-state index in [1.165, 1.54) is 6.07 Å². The summed E-state index contributed by atoms with van der Waals surface area (Å²) < 4.78 is 28.0. The lowest BCUT2D eigenvalue weighted by atomic mass is 10.1. The molecule has 2 fully saturated rings. The monoisotopic (exact) mass is 514 g/mol. The Morgan fingerprint density at radius 3 is 2.25 bits per heavy atom. The third-order valence-electron chi connectivity index (χ3n) is 6.23. The first-order valence-corrected chi connectivity index (χ1v) is 12.5.